The topological polar surface area (TPSA) is 30.5 Å². The van der Waals surface area contributed by atoms with Crippen molar-refractivity contribution in [1.82, 2.24) is 5.32 Å². The Morgan fingerprint density at radius 1 is 1.22 bits per heavy atom. The zero-order valence-electron chi connectivity index (χ0n) is 10.7. The van der Waals surface area contributed by atoms with Crippen molar-refractivity contribution in [3.05, 3.63) is 29.8 Å². The molecule has 1 aromatic carbocycles. The van der Waals surface area contributed by atoms with Crippen molar-refractivity contribution in [3.8, 4) is 5.75 Å². The third-order valence-electron chi connectivity index (χ3n) is 3.94. The van der Waals surface area contributed by atoms with E-state index in [2.05, 4.69) is 23.5 Å². The minimum Gasteiger partial charge on any atom is -0.493 e. The predicted octanol–water partition coefficient (Wildman–Crippen LogP) is 2.18. The molecule has 3 heteroatoms. The third kappa shape index (κ3) is 2.68. The lowest BCUT2D eigenvalue weighted by Gasteiger charge is -2.12. The van der Waals surface area contributed by atoms with Gasteiger partial charge >= 0.3 is 0 Å². The van der Waals surface area contributed by atoms with E-state index in [4.69, 9.17) is 9.47 Å². The van der Waals surface area contributed by atoms with Crippen molar-refractivity contribution < 1.29 is 9.47 Å². The van der Waals surface area contributed by atoms with Crippen molar-refractivity contribution in [2.75, 3.05) is 32.9 Å². The Labute approximate surface area is 108 Å². The smallest absolute Gasteiger partial charge is 0.122 e. The first-order valence-electron chi connectivity index (χ1n) is 6.93. The average molecular weight is 247 g/mol. The molecule has 0 aliphatic carbocycles. The van der Waals surface area contributed by atoms with Gasteiger partial charge in [-0.1, -0.05) is 18.2 Å². The molecular weight excluding hydrogens is 226 g/mol. The largest absolute Gasteiger partial charge is 0.493 e. The predicted molar refractivity (Wildman–Crippen MR) is 71.1 cm³/mol. The van der Waals surface area contributed by atoms with E-state index >= 15 is 0 Å². The number of fused-ring (bicyclic) bond motifs is 1. The molecule has 2 aliphatic rings. The highest BCUT2D eigenvalue weighted by Crippen LogP contribution is 2.32. The highest BCUT2D eigenvalue weighted by Gasteiger charge is 2.23. The molecule has 1 fully saturated rings. The zero-order chi connectivity index (χ0) is 12.2. The molecule has 2 unspecified atom stereocenters. The lowest BCUT2D eigenvalue weighted by Crippen LogP contribution is -2.25. The van der Waals surface area contributed by atoms with Crippen LogP contribution >= 0.6 is 0 Å². The Kier molecular flexibility index (Phi) is 3.81. The maximum Gasteiger partial charge on any atom is 0.122 e. The molecule has 1 saturated heterocycles. The number of ether oxygens (including phenoxy) is 2. The Morgan fingerprint density at radius 3 is 3.06 bits per heavy atom. The summed E-state index contributed by atoms with van der Waals surface area (Å²) in [5, 5.41) is 3.56. The fraction of sp³-hybridized carbons (Fsp3) is 0.600. The van der Waals surface area contributed by atoms with Crippen molar-refractivity contribution in [2.45, 2.75) is 18.8 Å². The van der Waals surface area contributed by atoms with Gasteiger partial charge in [0.1, 0.15) is 5.75 Å². The summed E-state index contributed by atoms with van der Waals surface area (Å²) in [5.74, 6) is 2.35. The van der Waals surface area contributed by atoms with Crippen LogP contribution in [-0.4, -0.2) is 32.9 Å². The van der Waals surface area contributed by atoms with E-state index in [1.807, 2.05) is 6.07 Å². The number of hydrogen-bond donors (Lipinski definition) is 1. The number of rotatable bonds is 5. The van der Waals surface area contributed by atoms with E-state index < -0.39 is 0 Å². The van der Waals surface area contributed by atoms with Gasteiger partial charge in [0.25, 0.3) is 0 Å². The van der Waals surface area contributed by atoms with Gasteiger partial charge in [-0.3, -0.25) is 0 Å². The molecule has 0 saturated carbocycles. The van der Waals surface area contributed by atoms with E-state index in [0.29, 0.717) is 5.92 Å². The first-order chi connectivity index (χ1) is 8.93. The zero-order valence-corrected chi connectivity index (χ0v) is 10.7. The van der Waals surface area contributed by atoms with Crippen LogP contribution < -0.4 is 10.1 Å². The molecule has 0 amide bonds. The molecule has 1 aromatic rings. The highest BCUT2D eigenvalue weighted by molar-refractivity contribution is 5.39. The van der Waals surface area contributed by atoms with Gasteiger partial charge in [-0.2, -0.15) is 0 Å². The Balaban J connectivity index is 1.41. The van der Waals surface area contributed by atoms with E-state index in [1.54, 1.807) is 0 Å². The minimum atomic E-state index is 0.515. The standard InChI is InChI=1S/C15H21NO2/c1-2-4-15-14(3-1)13(11-18-15)9-16-7-5-12-6-8-17-10-12/h1-4,12-13,16H,5-11H2. The number of hydrogen-bond acceptors (Lipinski definition) is 3. The minimum absolute atomic E-state index is 0.515. The second-order valence-electron chi connectivity index (χ2n) is 5.27. The monoisotopic (exact) mass is 247 g/mol. The van der Waals surface area contributed by atoms with Crippen LogP contribution in [0, 0.1) is 5.92 Å². The molecule has 0 spiro atoms. The third-order valence-corrected chi connectivity index (χ3v) is 3.94. The SMILES string of the molecule is c1ccc2c(c1)OCC2CNCCC1CCOC1. The van der Waals surface area contributed by atoms with Crippen LogP contribution in [0.25, 0.3) is 0 Å². The molecule has 0 radical (unpaired) electrons. The van der Waals surface area contributed by atoms with Crippen LogP contribution in [0.3, 0.4) is 0 Å². The summed E-state index contributed by atoms with van der Waals surface area (Å²) in [4.78, 5) is 0. The summed E-state index contributed by atoms with van der Waals surface area (Å²) in [7, 11) is 0. The molecule has 1 N–H and O–H groups in total. The number of nitrogens with one attached hydrogen (secondary N) is 1. The summed E-state index contributed by atoms with van der Waals surface area (Å²) in [5.41, 5.74) is 1.36. The lowest BCUT2D eigenvalue weighted by atomic mass is 10.0. The number of benzene rings is 1. The molecule has 0 aromatic heterocycles. The normalized spacial score (nSPS) is 26.0. The van der Waals surface area contributed by atoms with E-state index in [0.717, 1.165) is 44.6 Å². The Bertz CT molecular complexity index is 388. The van der Waals surface area contributed by atoms with Crippen LogP contribution in [0.5, 0.6) is 5.75 Å². The fourth-order valence-corrected chi connectivity index (χ4v) is 2.79. The quantitative estimate of drug-likeness (QED) is 0.809. The molecule has 98 valence electrons. The molecular formula is C15H21NO2. The van der Waals surface area contributed by atoms with Gasteiger partial charge in [0, 0.05) is 31.2 Å². The van der Waals surface area contributed by atoms with Crippen LogP contribution in [0.15, 0.2) is 24.3 Å². The highest BCUT2D eigenvalue weighted by atomic mass is 16.5. The molecule has 0 bridgehead atoms. The first-order valence-corrected chi connectivity index (χ1v) is 6.93. The van der Waals surface area contributed by atoms with Gasteiger partial charge in [-0.05, 0) is 31.4 Å². The van der Waals surface area contributed by atoms with E-state index in [9.17, 15) is 0 Å². The second-order valence-corrected chi connectivity index (χ2v) is 5.27. The van der Waals surface area contributed by atoms with Crippen LogP contribution in [0.2, 0.25) is 0 Å². The molecule has 2 heterocycles. The van der Waals surface area contributed by atoms with Crippen LogP contribution in [-0.2, 0) is 4.74 Å². The molecule has 18 heavy (non-hydrogen) atoms. The van der Waals surface area contributed by atoms with E-state index in [1.165, 1.54) is 18.4 Å². The van der Waals surface area contributed by atoms with Gasteiger partial charge in [-0.15, -0.1) is 0 Å². The summed E-state index contributed by atoms with van der Waals surface area (Å²) in [6, 6.07) is 8.37. The second kappa shape index (κ2) is 5.72. The fourth-order valence-electron chi connectivity index (χ4n) is 2.79. The summed E-state index contributed by atoms with van der Waals surface area (Å²) < 4.78 is 11.1. The van der Waals surface area contributed by atoms with Crippen molar-refractivity contribution in [3.63, 3.8) is 0 Å². The van der Waals surface area contributed by atoms with Crippen molar-refractivity contribution >= 4 is 0 Å². The van der Waals surface area contributed by atoms with Gasteiger partial charge < -0.3 is 14.8 Å². The summed E-state index contributed by atoms with van der Waals surface area (Å²) in [6.45, 7) is 4.84. The molecule has 3 rings (SSSR count). The van der Waals surface area contributed by atoms with Crippen molar-refractivity contribution in [2.24, 2.45) is 5.92 Å². The molecule has 3 nitrogen and oxygen atoms in total. The van der Waals surface area contributed by atoms with Gasteiger partial charge in [-0.25, -0.2) is 0 Å². The van der Waals surface area contributed by atoms with Gasteiger partial charge in [0.15, 0.2) is 0 Å². The first kappa shape index (κ1) is 12.0. The Morgan fingerprint density at radius 2 is 2.17 bits per heavy atom. The van der Waals surface area contributed by atoms with Crippen LogP contribution in [0.1, 0.15) is 24.3 Å². The number of para-hydroxylation sites is 1. The average Bonchev–Trinajstić information content (AvgIpc) is 3.04. The summed E-state index contributed by atoms with van der Waals surface area (Å²) in [6.07, 6.45) is 2.46. The molecule has 2 atom stereocenters. The van der Waals surface area contributed by atoms with Gasteiger partial charge in [0.05, 0.1) is 6.61 Å². The maximum absolute atomic E-state index is 5.68. The Hall–Kier alpha value is -1.06. The van der Waals surface area contributed by atoms with Crippen LogP contribution in [0.4, 0.5) is 0 Å². The maximum atomic E-state index is 5.68. The molecule has 2 aliphatic heterocycles. The van der Waals surface area contributed by atoms with Crippen molar-refractivity contribution in [1.29, 1.82) is 0 Å². The summed E-state index contributed by atoms with van der Waals surface area (Å²) >= 11 is 0. The lowest BCUT2D eigenvalue weighted by molar-refractivity contribution is 0.184. The van der Waals surface area contributed by atoms with Gasteiger partial charge in [0.2, 0.25) is 0 Å². The van der Waals surface area contributed by atoms with E-state index in [-0.39, 0.29) is 0 Å².